The first kappa shape index (κ1) is 15.7. The van der Waals surface area contributed by atoms with Crippen LogP contribution >= 0.6 is 0 Å². The van der Waals surface area contributed by atoms with Crippen molar-refractivity contribution in [1.82, 2.24) is 15.5 Å². The minimum Gasteiger partial charge on any atom is -0.392 e. The van der Waals surface area contributed by atoms with Crippen LogP contribution < -0.4 is 5.32 Å². The summed E-state index contributed by atoms with van der Waals surface area (Å²) in [5, 5.41) is 19.7. The van der Waals surface area contributed by atoms with E-state index < -0.39 is 0 Å². The van der Waals surface area contributed by atoms with Crippen molar-refractivity contribution in [2.75, 3.05) is 6.54 Å². The fourth-order valence-corrected chi connectivity index (χ4v) is 2.36. The average Bonchev–Trinajstić information content (AvgIpc) is 2.93. The molecule has 21 heavy (non-hydrogen) atoms. The highest BCUT2D eigenvalue weighted by Gasteiger charge is 2.19. The summed E-state index contributed by atoms with van der Waals surface area (Å²) < 4.78 is 0. The van der Waals surface area contributed by atoms with Crippen molar-refractivity contribution in [3.8, 4) is 0 Å². The predicted octanol–water partition coefficient (Wildman–Crippen LogP) is 2.53. The Hall–Kier alpha value is -1.65. The van der Waals surface area contributed by atoms with Gasteiger partial charge in [0.15, 0.2) is 0 Å². The topological polar surface area (TPSA) is 60.9 Å². The van der Waals surface area contributed by atoms with Gasteiger partial charge in [-0.25, -0.2) is 0 Å². The lowest BCUT2D eigenvalue weighted by atomic mass is 9.89. The summed E-state index contributed by atoms with van der Waals surface area (Å²) in [6, 6.07) is 8.10. The first-order valence-corrected chi connectivity index (χ1v) is 7.43. The molecule has 0 bridgehead atoms. The molecule has 0 saturated heterocycles. The van der Waals surface area contributed by atoms with Crippen molar-refractivity contribution in [2.24, 2.45) is 0 Å². The van der Waals surface area contributed by atoms with Crippen LogP contribution in [0.25, 0.3) is 0 Å². The first-order chi connectivity index (χ1) is 10.0. The van der Waals surface area contributed by atoms with Crippen LogP contribution in [0.1, 0.15) is 43.2 Å². The average molecular weight is 287 g/mol. The summed E-state index contributed by atoms with van der Waals surface area (Å²) in [7, 11) is 0. The second-order valence-electron chi connectivity index (χ2n) is 6.42. The maximum Gasteiger partial charge on any atom is 0.0681 e. The second kappa shape index (κ2) is 6.87. The van der Waals surface area contributed by atoms with E-state index in [-0.39, 0.29) is 12.0 Å². The Kier molecular flexibility index (Phi) is 5.15. The molecule has 2 rings (SSSR count). The fraction of sp³-hybridized carbons (Fsp3) is 0.471. The highest BCUT2D eigenvalue weighted by molar-refractivity contribution is 5.24. The molecule has 1 aromatic carbocycles. The van der Waals surface area contributed by atoms with E-state index in [1.165, 1.54) is 16.8 Å². The number of aromatic nitrogens is 2. The minimum atomic E-state index is 0.0909. The quantitative estimate of drug-likeness (QED) is 0.716. The van der Waals surface area contributed by atoms with Gasteiger partial charge in [-0.05, 0) is 24.1 Å². The van der Waals surface area contributed by atoms with Gasteiger partial charge in [0.2, 0.25) is 0 Å². The van der Waals surface area contributed by atoms with Gasteiger partial charge in [-0.1, -0.05) is 45.0 Å². The summed E-state index contributed by atoms with van der Waals surface area (Å²) in [4.78, 5) is 0. The maximum absolute atomic E-state index is 9.02. The van der Waals surface area contributed by atoms with Crippen molar-refractivity contribution >= 4 is 0 Å². The lowest BCUT2D eigenvalue weighted by Gasteiger charge is -2.18. The Labute approximate surface area is 126 Å². The lowest BCUT2D eigenvalue weighted by Crippen LogP contribution is -2.20. The van der Waals surface area contributed by atoms with Crippen LogP contribution in [-0.2, 0) is 25.0 Å². The molecular weight excluding hydrogens is 262 g/mol. The molecule has 1 aromatic heterocycles. The molecule has 4 nitrogen and oxygen atoms in total. The summed E-state index contributed by atoms with van der Waals surface area (Å²) in [6.07, 6.45) is 2.89. The lowest BCUT2D eigenvalue weighted by molar-refractivity contribution is 0.282. The number of hydrogen-bond donors (Lipinski definition) is 3. The van der Waals surface area contributed by atoms with Gasteiger partial charge in [-0.3, -0.25) is 5.10 Å². The monoisotopic (exact) mass is 287 g/mol. The third-order valence-electron chi connectivity index (χ3n) is 3.58. The largest absolute Gasteiger partial charge is 0.392 e. The van der Waals surface area contributed by atoms with Crippen LogP contribution in [0.4, 0.5) is 0 Å². The maximum atomic E-state index is 9.02. The molecule has 114 valence electrons. The number of aliphatic hydroxyl groups is 1. The molecule has 0 fully saturated rings. The molecule has 0 saturated carbocycles. The summed E-state index contributed by atoms with van der Waals surface area (Å²) in [5.74, 6) is 0. The van der Waals surface area contributed by atoms with Gasteiger partial charge in [-0.2, -0.15) is 5.10 Å². The third kappa shape index (κ3) is 4.41. The second-order valence-corrected chi connectivity index (χ2v) is 6.42. The molecule has 2 aromatic rings. The zero-order chi connectivity index (χ0) is 15.3. The van der Waals surface area contributed by atoms with Gasteiger partial charge >= 0.3 is 0 Å². The number of benzene rings is 1. The number of hydrogen-bond acceptors (Lipinski definition) is 3. The molecule has 0 aliphatic carbocycles. The summed E-state index contributed by atoms with van der Waals surface area (Å²) in [6.45, 7) is 8.42. The van der Waals surface area contributed by atoms with E-state index in [2.05, 4.69) is 48.4 Å². The van der Waals surface area contributed by atoms with E-state index >= 15 is 0 Å². The zero-order valence-electron chi connectivity index (χ0n) is 13.1. The van der Waals surface area contributed by atoms with Gasteiger partial charge in [0.1, 0.15) is 0 Å². The molecule has 0 aliphatic heterocycles. The Morgan fingerprint density at radius 3 is 2.43 bits per heavy atom. The summed E-state index contributed by atoms with van der Waals surface area (Å²) >= 11 is 0. The molecule has 0 radical (unpaired) electrons. The van der Waals surface area contributed by atoms with E-state index in [4.69, 9.17) is 5.11 Å². The molecule has 1 heterocycles. The van der Waals surface area contributed by atoms with E-state index in [1.54, 1.807) is 0 Å². The zero-order valence-corrected chi connectivity index (χ0v) is 13.1. The summed E-state index contributed by atoms with van der Waals surface area (Å²) in [5.41, 5.74) is 4.76. The molecule has 0 atom stereocenters. The molecule has 3 N–H and O–H groups in total. The standard InChI is InChI=1S/C17H25N3O/c1-17(2,3)16-15(11-19-20-16)10-18-9-8-13-4-6-14(12-21)7-5-13/h4-7,11,18,21H,8-10,12H2,1-3H3,(H,19,20). The van der Waals surface area contributed by atoms with E-state index in [0.717, 1.165) is 25.1 Å². The Morgan fingerprint density at radius 2 is 1.81 bits per heavy atom. The van der Waals surface area contributed by atoms with Crippen molar-refractivity contribution < 1.29 is 5.11 Å². The smallest absolute Gasteiger partial charge is 0.0681 e. The van der Waals surface area contributed by atoms with Crippen LogP contribution in [0.2, 0.25) is 0 Å². The molecule has 4 heteroatoms. The van der Waals surface area contributed by atoms with Crippen LogP contribution in [0.3, 0.4) is 0 Å². The number of rotatable bonds is 6. The van der Waals surface area contributed by atoms with Crippen molar-refractivity contribution in [1.29, 1.82) is 0 Å². The van der Waals surface area contributed by atoms with Gasteiger partial charge in [0.05, 0.1) is 12.8 Å². The van der Waals surface area contributed by atoms with Crippen LogP contribution in [-0.4, -0.2) is 21.8 Å². The third-order valence-corrected chi connectivity index (χ3v) is 3.58. The van der Waals surface area contributed by atoms with Crippen molar-refractivity contribution in [3.63, 3.8) is 0 Å². The number of aromatic amines is 1. The predicted molar refractivity (Wildman–Crippen MR) is 85.1 cm³/mol. The molecule has 0 spiro atoms. The number of aliphatic hydroxyl groups excluding tert-OH is 1. The first-order valence-electron chi connectivity index (χ1n) is 7.43. The number of nitrogens with zero attached hydrogens (tertiary/aromatic N) is 1. The highest BCUT2D eigenvalue weighted by atomic mass is 16.3. The van der Waals surface area contributed by atoms with E-state index in [1.807, 2.05) is 18.3 Å². The SMILES string of the molecule is CC(C)(C)c1[nH]ncc1CNCCc1ccc(CO)cc1. The Bertz CT molecular complexity index is 552. The van der Waals surface area contributed by atoms with E-state index in [0.29, 0.717) is 0 Å². The molecule has 0 unspecified atom stereocenters. The van der Waals surface area contributed by atoms with Crippen molar-refractivity contribution in [2.45, 2.75) is 45.8 Å². The molecular formula is C17H25N3O. The number of nitrogens with one attached hydrogen (secondary N) is 2. The Balaban J connectivity index is 1.81. The van der Waals surface area contributed by atoms with Crippen molar-refractivity contribution in [3.05, 3.63) is 52.8 Å². The minimum absolute atomic E-state index is 0.0909. The van der Waals surface area contributed by atoms with Gasteiger partial charge in [0, 0.05) is 23.2 Å². The normalized spacial score (nSPS) is 11.8. The van der Waals surface area contributed by atoms with Crippen LogP contribution in [0.5, 0.6) is 0 Å². The van der Waals surface area contributed by atoms with Gasteiger partial charge in [-0.15, -0.1) is 0 Å². The fourth-order valence-electron chi connectivity index (χ4n) is 2.36. The van der Waals surface area contributed by atoms with Gasteiger partial charge in [0.25, 0.3) is 0 Å². The number of H-pyrrole nitrogens is 1. The van der Waals surface area contributed by atoms with Gasteiger partial charge < -0.3 is 10.4 Å². The highest BCUT2D eigenvalue weighted by Crippen LogP contribution is 2.23. The van der Waals surface area contributed by atoms with E-state index in [9.17, 15) is 0 Å². The van der Waals surface area contributed by atoms with Crippen LogP contribution in [0.15, 0.2) is 30.5 Å². The molecule has 0 aliphatic rings. The Morgan fingerprint density at radius 1 is 1.14 bits per heavy atom. The molecule has 0 amide bonds. The van der Waals surface area contributed by atoms with Crippen LogP contribution in [0, 0.1) is 0 Å².